The van der Waals surface area contributed by atoms with Crippen LogP contribution in [0.5, 0.6) is 0 Å². The lowest BCUT2D eigenvalue weighted by Gasteiger charge is -2.16. The summed E-state index contributed by atoms with van der Waals surface area (Å²) in [4.78, 5) is 12.3. The topological polar surface area (TPSA) is 73.5 Å². The molecular weight excluding hydrogens is 443 g/mol. The van der Waals surface area contributed by atoms with E-state index >= 15 is 0 Å². The Morgan fingerprint density at radius 1 is 1.00 bits per heavy atom. The van der Waals surface area contributed by atoms with Crippen LogP contribution in [0.2, 0.25) is 5.28 Å². The second-order valence-electron chi connectivity index (χ2n) is 7.81. The molecule has 0 aliphatic carbocycles. The fourth-order valence-electron chi connectivity index (χ4n) is 3.44. The number of rotatable bonds is 5. The fraction of sp³-hybridized carbons (Fsp3) is 0.333. The van der Waals surface area contributed by atoms with Crippen molar-refractivity contribution in [3.05, 3.63) is 53.2 Å². The van der Waals surface area contributed by atoms with Crippen molar-refractivity contribution in [1.29, 1.82) is 0 Å². The van der Waals surface area contributed by atoms with Crippen molar-refractivity contribution in [3.8, 4) is 11.4 Å². The lowest BCUT2D eigenvalue weighted by molar-refractivity contribution is -0.140. The lowest BCUT2D eigenvalue weighted by atomic mass is 10.1. The SMILES string of the molecule is CC(C)n1cc(C(F)(F)F)nc1-c1ccc([C@H](C)Nc2nc(Cl)nc3cn(C)nc23)cc1. The minimum Gasteiger partial charge on any atom is -0.362 e. The Kier molecular flexibility index (Phi) is 5.58. The quantitative estimate of drug-likeness (QED) is 0.387. The number of fused-ring (bicyclic) bond motifs is 1. The summed E-state index contributed by atoms with van der Waals surface area (Å²) >= 11 is 6.04. The zero-order chi connectivity index (χ0) is 23.2. The van der Waals surface area contributed by atoms with Crippen LogP contribution in [0.1, 0.15) is 44.1 Å². The van der Waals surface area contributed by atoms with Crippen LogP contribution in [-0.4, -0.2) is 29.3 Å². The Balaban J connectivity index is 1.62. The summed E-state index contributed by atoms with van der Waals surface area (Å²) in [5.41, 5.74) is 1.83. The molecule has 7 nitrogen and oxygen atoms in total. The summed E-state index contributed by atoms with van der Waals surface area (Å²) in [6.45, 7) is 5.57. The Bertz CT molecular complexity index is 1260. The summed E-state index contributed by atoms with van der Waals surface area (Å²) in [7, 11) is 1.78. The van der Waals surface area contributed by atoms with Crippen LogP contribution in [0.4, 0.5) is 19.0 Å². The van der Waals surface area contributed by atoms with Gasteiger partial charge in [0.15, 0.2) is 17.0 Å². The maximum atomic E-state index is 13.2. The number of aromatic nitrogens is 6. The third kappa shape index (κ3) is 4.27. The molecule has 0 unspecified atom stereocenters. The van der Waals surface area contributed by atoms with Gasteiger partial charge in [-0.3, -0.25) is 4.68 Å². The molecule has 11 heteroatoms. The molecule has 0 aliphatic rings. The summed E-state index contributed by atoms with van der Waals surface area (Å²) in [5, 5.41) is 7.77. The van der Waals surface area contributed by atoms with Gasteiger partial charge in [0.05, 0.1) is 12.2 Å². The van der Waals surface area contributed by atoms with E-state index in [0.29, 0.717) is 22.4 Å². The van der Waals surface area contributed by atoms with E-state index in [9.17, 15) is 13.2 Å². The fourth-order valence-corrected chi connectivity index (χ4v) is 3.62. The van der Waals surface area contributed by atoms with Crippen LogP contribution in [0.3, 0.4) is 0 Å². The van der Waals surface area contributed by atoms with Gasteiger partial charge in [-0.05, 0) is 37.9 Å². The molecule has 3 aromatic heterocycles. The lowest BCUT2D eigenvalue weighted by Crippen LogP contribution is -2.09. The molecule has 1 N–H and O–H groups in total. The monoisotopic (exact) mass is 463 g/mol. The van der Waals surface area contributed by atoms with Gasteiger partial charge in [-0.1, -0.05) is 24.3 Å². The van der Waals surface area contributed by atoms with Crippen molar-refractivity contribution < 1.29 is 13.2 Å². The number of alkyl halides is 3. The average Bonchev–Trinajstić information content (AvgIpc) is 3.31. The first-order valence-electron chi connectivity index (χ1n) is 9.92. The minimum absolute atomic E-state index is 0.108. The van der Waals surface area contributed by atoms with E-state index in [1.807, 2.05) is 32.9 Å². The number of nitrogens with zero attached hydrogens (tertiary/aromatic N) is 6. The minimum atomic E-state index is -4.50. The zero-order valence-corrected chi connectivity index (χ0v) is 18.6. The molecule has 3 heterocycles. The van der Waals surface area contributed by atoms with Crippen LogP contribution in [0.15, 0.2) is 36.7 Å². The van der Waals surface area contributed by atoms with Crippen molar-refractivity contribution in [2.45, 2.75) is 39.0 Å². The number of halogens is 4. The Morgan fingerprint density at radius 3 is 2.31 bits per heavy atom. The number of hydrogen-bond acceptors (Lipinski definition) is 5. The summed E-state index contributed by atoms with van der Waals surface area (Å²) < 4.78 is 42.7. The number of hydrogen-bond donors (Lipinski definition) is 1. The maximum Gasteiger partial charge on any atom is 0.434 e. The van der Waals surface area contributed by atoms with Gasteiger partial charge in [-0.25, -0.2) is 9.97 Å². The van der Waals surface area contributed by atoms with Gasteiger partial charge in [0, 0.05) is 24.8 Å². The summed E-state index contributed by atoms with van der Waals surface area (Å²) in [5.74, 6) is 0.777. The molecular formula is C21H21ClF3N7. The maximum absolute atomic E-state index is 13.2. The highest BCUT2D eigenvalue weighted by Crippen LogP contribution is 2.33. The van der Waals surface area contributed by atoms with Crippen molar-refractivity contribution in [2.24, 2.45) is 7.05 Å². The van der Waals surface area contributed by atoms with Gasteiger partial charge in [0.1, 0.15) is 11.3 Å². The third-order valence-corrected chi connectivity index (χ3v) is 5.22. The van der Waals surface area contributed by atoms with E-state index in [2.05, 4.69) is 25.4 Å². The molecule has 32 heavy (non-hydrogen) atoms. The van der Waals surface area contributed by atoms with Crippen LogP contribution in [-0.2, 0) is 13.2 Å². The van der Waals surface area contributed by atoms with Crippen molar-refractivity contribution in [2.75, 3.05) is 5.32 Å². The molecule has 1 atom stereocenters. The molecule has 0 radical (unpaired) electrons. The highest BCUT2D eigenvalue weighted by molar-refractivity contribution is 6.28. The molecule has 0 saturated heterocycles. The van der Waals surface area contributed by atoms with Crippen molar-refractivity contribution >= 4 is 28.5 Å². The van der Waals surface area contributed by atoms with E-state index in [-0.39, 0.29) is 23.2 Å². The van der Waals surface area contributed by atoms with Gasteiger partial charge in [-0.15, -0.1) is 0 Å². The predicted molar refractivity (Wildman–Crippen MR) is 116 cm³/mol. The van der Waals surface area contributed by atoms with Crippen LogP contribution in [0.25, 0.3) is 22.4 Å². The molecule has 0 spiro atoms. The van der Waals surface area contributed by atoms with Gasteiger partial charge in [-0.2, -0.15) is 23.3 Å². The number of nitrogens with one attached hydrogen (secondary N) is 1. The number of aryl methyl sites for hydroxylation is 1. The number of benzene rings is 1. The summed E-state index contributed by atoms with van der Waals surface area (Å²) in [6, 6.07) is 6.87. The van der Waals surface area contributed by atoms with E-state index in [1.54, 1.807) is 30.1 Å². The second kappa shape index (κ2) is 8.09. The van der Waals surface area contributed by atoms with Crippen molar-refractivity contribution in [1.82, 2.24) is 29.3 Å². The van der Waals surface area contributed by atoms with Gasteiger partial charge < -0.3 is 9.88 Å². The highest BCUT2D eigenvalue weighted by Gasteiger charge is 2.35. The van der Waals surface area contributed by atoms with Crippen LogP contribution >= 0.6 is 11.6 Å². The normalized spacial score (nSPS) is 13.2. The molecule has 0 aliphatic heterocycles. The second-order valence-corrected chi connectivity index (χ2v) is 8.15. The smallest absolute Gasteiger partial charge is 0.362 e. The molecule has 0 bridgehead atoms. The average molecular weight is 464 g/mol. The number of imidazole rings is 1. The molecule has 4 aromatic rings. The van der Waals surface area contributed by atoms with Crippen molar-refractivity contribution in [3.63, 3.8) is 0 Å². The van der Waals surface area contributed by atoms with Gasteiger partial charge >= 0.3 is 6.18 Å². The first kappa shape index (κ1) is 22.1. The molecule has 0 saturated carbocycles. The standard InChI is InChI=1S/C21H21ClF3N7/c1-11(2)32-10-16(21(23,24)25)28-19(32)14-7-5-13(6-8-14)12(3)26-18-17-15(9-31(4)30-17)27-20(22)29-18/h5-12H,1-4H3,(H,26,27,29)/t12-/m0/s1. The third-order valence-electron chi connectivity index (χ3n) is 5.05. The molecule has 0 amide bonds. The van der Waals surface area contributed by atoms with E-state index in [4.69, 9.17) is 11.6 Å². The Labute approximate surface area is 187 Å². The molecule has 1 aromatic carbocycles. The molecule has 4 rings (SSSR count). The van der Waals surface area contributed by atoms with Crippen LogP contribution in [0, 0.1) is 0 Å². The van der Waals surface area contributed by atoms with Gasteiger partial charge in [0.2, 0.25) is 5.28 Å². The Morgan fingerprint density at radius 2 is 1.69 bits per heavy atom. The molecule has 0 fully saturated rings. The zero-order valence-electron chi connectivity index (χ0n) is 17.8. The predicted octanol–water partition coefficient (Wildman–Crippen LogP) is 5.65. The number of anilines is 1. The highest BCUT2D eigenvalue weighted by atomic mass is 35.5. The van der Waals surface area contributed by atoms with E-state index in [0.717, 1.165) is 11.8 Å². The first-order valence-corrected chi connectivity index (χ1v) is 10.3. The summed E-state index contributed by atoms with van der Waals surface area (Å²) in [6.07, 6.45) is -1.70. The van der Waals surface area contributed by atoms with Crippen LogP contribution < -0.4 is 5.32 Å². The molecule has 168 valence electrons. The Hall–Kier alpha value is -3.14. The van der Waals surface area contributed by atoms with Gasteiger partial charge in [0.25, 0.3) is 0 Å². The largest absolute Gasteiger partial charge is 0.434 e. The van der Waals surface area contributed by atoms with E-state index < -0.39 is 11.9 Å². The first-order chi connectivity index (χ1) is 15.0. The van der Waals surface area contributed by atoms with E-state index in [1.165, 1.54) is 4.57 Å².